The Morgan fingerprint density at radius 1 is 1.09 bits per heavy atom. The smallest absolute Gasteiger partial charge is 0.257 e. The van der Waals surface area contributed by atoms with Gasteiger partial charge in [-0.15, -0.1) is 0 Å². The number of likely N-dealkylation sites (N-methyl/N-ethyl adjacent to an activating group) is 1. The van der Waals surface area contributed by atoms with Gasteiger partial charge >= 0.3 is 0 Å². The number of aryl methyl sites for hydroxylation is 1. The first-order valence-electron chi connectivity index (χ1n) is 12.2. The average Bonchev–Trinajstić information content (AvgIpc) is 3.45. The Morgan fingerprint density at radius 2 is 1.91 bits per heavy atom. The first-order chi connectivity index (χ1) is 17.1. The van der Waals surface area contributed by atoms with Crippen LogP contribution in [0, 0.1) is 0 Å². The van der Waals surface area contributed by atoms with Crippen molar-refractivity contribution in [3.05, 3.63) is 36.2 Å². The van der Waals surface area contributed by atoms with Gasteiger partial charge in [0.15, 0.2) is 5.75 Å². The molecular weight excluding hydrogens is 442 g/mol. The number of methoxy groups -OCH3 is 2. The number of nitrogens with one attached hydrogen (secondary N) is 2. The second kappa shape index (κ2) is 10.2. The minimum atomic E-state index is 0.475. The normalized spacial score (nSPS) is 15.3. The molecule has 2 N–H and O–H groups in total. The Hall–Kier alpha value is -3.14. The minimum Gasteiger partial charge on any atom is -0.491 e. The summed E-state index contributed by atoms with van der Waals surface area (Å²) in [4.78, 5) is 17.8. The maximum absolute atomic E-state index is 5.45. The van der Waals surface area contributed by atoms with E-state index in [1.165, 1.54) is 31.7 Å². The number of aromatic nitrogens is 4. The number of piperazine rings is 1. The summed E-state index contributed by atoms with van der Waals surface area (Å²) in [5, 5.41) is 4.76. The monoisotopic (exact) mass is 477 g/mol. The molecule has 1 saturated heterocycles. The summed E-state index contributed by atoms with van der Waals surface area (Å²) in [7, 11) is 7.44. The summed E-state index contributed by atoms with van der Waals surface area (Å²) in [5.41, 5.74) is 5.96. The molecule has 5 rings (SSSR count). The van der Waals surface area contributed by atoms with E-state index in [2.05, 4.69) is 55.0 Å². The second-order valence-electron chi connectivity index (χ2n) is 9.31. The molecule has 5 heterocycles. The summed E-state index contributed by atoms with van der Waals surface area (Å²) in [6.07, 6.45) is 5.11. The lowest BCUT2D eigenvalue weighted by molar-refractivity contribution is 0.153. The van der Waals surface area contributed by atoms with Gasteiger partial charge in [0.05, 0.1) is 25.4 Å². The third-order valence-electron chi connectivity index (χ3n) is 6.96. The molecule has 186 valence electrons. The number of ether oxygens (including phenoxy) is 2. The van der Waals surface area contributed by atoms with Crippen molar-refractivity contribution in [1.82, 2.24) is 34.6 Å². The molecule has 0 spiro atoms. The highest BCUT2D eigenvalue weighted by atomic mass is 16.5. The van der Waals surface area contributed by atoms with Crippen LogP contribution in [0.2, 0.25) is 0 Å². The molecule has 4 aromatic rings. The van der Waals surface area contributed by atoms with Crippen LogP contribution in [0.4, 0.5) is 0 Å². The van der Waals surface area contributed by atoms with Crippen molar-refractivity contribution in [2.75, 3.05) is 60.5 Å². The van der Waals surface area contributed by atoms with Gasteiger partial charge in [-0.3, -0.25) is 0 Å². The molecule has 4 aromatic heterocycles. The fraction of sp³-hybridized carbons (Fsp3) is 0.462. The van der Waals surface area contributed by atoms with E-state index in [0.717, 1.165) is 59.4 Å². The van der Waals surface area contributed by atoms with Crippen LogP contribution in [0.15, 0.2) is 30.6 Å². The first-order valence-corrected chi connectivity index (χ1v) is 12.2. The highest BCUT2D eigenvalue weighted by Crippen LogP contribution is 2.36. The summed E-state index contributed by atoms with van der Waals surface area (Å²) in [5.74, 6) is 1.09. The van der Waals surface area contributed by atoms with Crippen molar-refractivity contribution in [3.8, 4) is 22.9 Å². The minimum absolute atomic E-state index is 0.475. The van der Waals surface area contributed by atoms with E-state index >= 15 is 0 Å². The number of hydrogen-bond donors (Lipinski definition) is 2. The van der Waals surface area contributed by atoms with Gasteiger partial charge in [-0.25, -0.2) is 9.97 Å². The van der Waals surface area contributed by atoms with Crippen molar-refractivity contribution < 1.29 is 9.47 Å². The lowest BCUT2D eigenvalue weighted by Gasteiger charge is -2.32. The van der Waals surface area contributed by atoms with Crippen LogP contribution in [-0.2, 0) is 13.6 Å². The molecule has 0 atom stereocenters. The second-order valence-corrected chi connectivity index (χ2v) is 9.31. The molecule has 9 heteroatoms. The molecule has 0 radical (unpaired) electrons. The van der Waals surface area contributed by atoms with E-state index < -0.39 is 0 Å². The van der Waals surface area contributed by atoms with Crippen LogP contribution < -0.4 is 14.8 Å². The Balaban J connectivity index is 1.31. The molecule has 1 aliphatic heterocycles. The SMILES string of the molecule is COc1cc2c(nc1OC)c(-c1cc3c(CNCCCN4CCN(C)CC4)ccnc3[nH]1)cn2C. The largest absolute Gasteiger partial charge is 0.491 e. The lowest BCUT2D eigenvalue weighted by atomic mass is 10.1. The van der Waals surface area contributed by atoms with Crippen LogP contribution in [0.3, 0.4) is 0 Å². The number of nitrogens with zero attached hydrogens (tertiary/aromatic N) is 5. The molecule has 1 aliphatic rings. The Morgan fingerprint density at radius 3 is 2.69 bits per heavy atom. The molecule has 35 heavy (non-hydrogen) atoms. The van der Waals surface area contributed by atoms with E-state index in [1.54, 1.807) is 14.2 Å². The van der Waals surface area contributed by atoms with Crippen molar-refractivity contribution >= 4 is 22.1 Å². The third-order valence-corrected chi connectivity index (χ3v) is 6.96. The summed E-state index contributed by atoms with van der Waals surface area (Å²) < 4.78 is 12.9. The molecule has 0 unspecified atom stereocenters. The van der Waals surface area contributed by atoms with Gasteiger partial charge in [0.1, 0.15) is 11.2 Å². The van der Waals surface area contributed by atoms with Crippen LogP contribution in [0.5, 0.6) is 11.6 Å². The van der Waals surface area contributed by atoms with Crippen molar-refractivity contribution in [1.29, 1.82) is 0 Å². The van der Waals surface area contributed by atoms with E-state index in [0.29, 0.717) is 11.6 Å². The Bertz CT molecular complexity index is 1300. The zero-order valence-electron chi connectivity index (χ0n) is 21.1. The van der Waals surface area contributed by atoms with Crippen LogP contribution in [-0.4, -0.2) is 89.9 Å². The molecule has 0 aromatic carbocycles. The number of aromatic amines is 1. The average molecular weight is 478 g/mol. The first kappa shape index (κ1) is 23.6. The quantitative estimate of drug-likeness (QED) is 0.359. The van der Waals surface area contributed by atoms with Crippen LogP contribution in [0.25, 0.3) is 33.3 Å². The number of hydrogen-bond acceptors (Lipinski definition) is 7. The molecule has 9 nitrogen and oxygen atoms in total. The number of pyridine rings is 2. The highest BCUT2D eigenvalue weighted by molar-refractivity contribution is 5.96. The molecule has 0 amide bonds. The van der Waals surface area contributed by atoms with E-state index in [1.807, 2.05) is 19.3 Å². The van der Waals surface area contributed by atoms with E-state index in [-0.39, 0.29) is 0 Å². The zero-order valence-corrected chi connectivity index (χ0v) is 21.1. The molecule has 0 aliphatic carbocycles. The topological polar surface area (TPSA) is 83.5 Å². The van der Waals surface area contributed by atoms with Gasteiger partial charge in [-0.05, 0) is 44.3 Å². The van der Waals surface area contributed by atoms with E-state index in [9.17, 15) is 0 Å². The summed E-state index contributed by atoms with van der Waals surface area (Å²) in [6, 6.07) is 6.24. The van der Waals surface area contributed by atoms with Gasteiger partial charge in [-0.1, -0.05) is 0 Å². The van der Waals surface area contributed by atoms with Crippen molar-refractivity contribution in [3.63, 3.8) is 0 Å². The maximum Gasteiger partial charge on any atom is 0.257 e. The zero-order chi connectivity index (χ0) is 24.4. The van der Waals surface area contributed by atoms with Gasteiger partial charge < -0.3 is 34.1 Å². The van der Waals surface area contributed by atoms with Gasteiger partial charge in [0, 0.05) is 69.2 Å². The maximum atomic E-state index is 5.45. The van der Waals surface area contributed by atoms with Gasteiger partial charge in [-0.2, -0.15) is 0 Å². The fourth-order valence-corrected chi connectivity index (χ4v) is 4.85. The molecule has 0 bridgehead atoms. The number of fused-ring (bicyclic) bond motifs is 2. The third kappa shape index (κ3) is 4.84. The summed E-state index contributed by atoms with van der Waals surface area (Å²) >= 11 is 0. The van der Waals surface area contributed by atoms with Crippen LogP contribution >= 0.6 is 0 Å². The van der Waals surface area contributed by atoms with Crippen molar-refractivity contribution in [2.45, 2.75) is 13.0 Å². The Kier molecular flexibility index (Phi) is 6.90. The predicted octanol–water partition coefficient (Wildman–Crippen LogP) is 2.86. The fourth-order valence-electron chi connectivity index (χ4n) is 4.85. The lowest BCUT2D eigenvalue weighted by Crippen LogP contribution is -2.45. The van der Waals surface area contributed by atoms with Gasteiger partial charge in [0.2, 0.25) is 0 Å². The predicted molar refractivity (Wildman–Crippen MR) is 139 cm³/mol. The standard InChI is InChI=1S/C26H35N7O2/c1-31-10-12-33(13-11-31)9-5-7-27-16-18-6-8-28-25-19(18)14-21(29-25)20-17-32(2)22-15-23(34-3)26(35-4)30-24(20)22/h6,8,14-15,17,27H,5,7,9-13,16H2,1-4H3,(H,28,29). The highest BCUT2D eigenvalue weighted by Gasteiger charge is 2.18. The molecule has 0 saturated carbocycles. The summed E-state index contributed by atoms with van der Waals surface area (Å²) in [6.45, 7) is 7.67. The number of rotatable bonds is 9. The van der Waals surface area contributed by atoms with Crippen molar-refractivity contribution in [2.24, 2.45) is 7.05 Å². The van der Waals surface area contributed by atoms with Crippen LogP contribution in [0.1, 0.15) is 12.0 Å². The van der Waals surface area contributed by atoms with Gasteiger partial charge in [0.25, 0.3) is 5.88 Å². The molecular formula is C26H35N7O2. The van der Waals surface area contributed by atoms with E-state index in [4.69, 9.17) is 14.5 Å². The number of H-pyrrole nitrogens is 1. The molecule has 1 fully saturated rings. The Labute approximate surface area is 206 Å².